The molecule has 128 valence electrons. The van der Waals surface area contributed by atoms with Crippen LogP contribution in [0.25, 0.3) is 10.9 Å². The van der Waals surface area contributed by atoms with Crippen molar-refractivity contribution >= 4 is 28.2 Å². The first kappa shape index (κ1) is 15.8. The summed E-state index contributed by atoms with van der Waals surface area (Å²) in [5, 5.41) is 4.24. The molecule has 2 aromatic carbocycles. The van der Waals surface area contributed by atoms with E-state index in [9.17, 15) is 4.79 Å². The van der Waals surface area contributed by atoms with Crippen LogP contribution >= 0.6 is 0 Å². The summed E-state index contributed by atoms with van der Waals surface area (Å²) in [6.45, 7) is 3.04. The van der Waals surface area contributed by atoms with E-state index < -0.39 is 0 Å². The number of aryl methyl sites for hydroxylation is 2. The Bertz CT molecular complexity index is 938. The highest BCUT2D eigenvalue weighted by molar-refractivity contribution is 6.13. The van der Waals surface area contributed by atoms with Crippen molar-refractivity contribution in [3.63, 3.8) is 0 Å². The fourth-order valence-electron chi connectivity index (χ4n) is 3.99. The number of amides is 1. The lowest BCUT2D eigenvalue weighted by atomic mass is 9.95. The molecule has 4 rings (SSSR count). The second-order valence-corrected chi connectivity index (χ2v) is 6.65. The maximum Gasteiger partial charge on any atom is 0.257 e. The number of nitrogen functional groups attached to an aromatic ring is 1. The van der Waals surface area contributed by atoms with Crippen molar-refractivity contribution in [2.24, 2.45) is 0 Å². The number of anilines is 2. The molecule has 1 aromatic heterocycles. The van der Waals surface area contributed by atoms with Gasteiger partial charge < -0.3 is 15.6 Å². The molecule has 1 aliphatic rings. The third kappa shape index (κ3) is 2.68. The average molecular weight is 333 g/mol. The second kappa shape index (κ2) is 6.28. The number of para-hydroxylation sites is 1. The minimum Gasteiger partial charge on any atom is -0.399 e. The Balaban J connectivity index is 1.80. The summed E-state index contributed by atoms with van der Waals surface area (Å²) in [6.07, 6.45) is 4.69. The van der Waals surface area contributed by atoms with Crippen molar-refractivity contribution in [3.05, 3.63) is 59.3 Å². The van der Waals surface area contributed by atoms with Crippen LogP contribution in [0.4, 0.5) is 11.4 Å². The highest BCUT2D eigenvalue weighted by Gasteiger charge is 2.23. The van der Waals surface area contributed by atoms with Gasteiger partial charge in [-0.1, -0.05) is 12.1 Å². The van der Waals surface area contributed by atoms with Crippen molar-refractivity contribution in [3.8, 4) is 0 Å². The number of benzene rings is 2. The van der Waals surface area contributed by atoms with E-state index >= 15 is 0 Å². The molecule has 0 spiro atoms. The molecule has 0 aliphatic heterocycles. The van der Waals surface area contributed by atoms with Gasteiger partial charge in [-0.3, -0.25) is 4.79 Å². The van der Waals surface area contributed by atoms with Crippen molar-refractivity contribution < 1.29 is 4.79 Å². The number of carbonyl (C=O) groups is 1. The van der Waals surface area contributed by atoms with Gasteiger partial charge in [0.25, 0.3) is 5.91 Å². The Labute approximate surface area is 147 Å². The Kier molecular flexibility index (Phi) is 3.96. The second-order valence-electron chi connectivity index (χ2n) is 6.65. The molecular weight excluding hydrogens is 310 g/mol. The summed E-state index contributed by atoms with van der Waals surface area (Å²) < 4.78 is 2.34. The molecule has 0 atom stereocenters. The van der Waals surface area contributed by atoms with Crippen molar-refractivity contribution in [2.45, 2.75) is 39.2 Å². The molecule has 3 aromatic rings. The van der Waals surface area contributed by atoms with E-state index in [1.807, 2.05) is 24.3 Å². The van der Waals surface area contributed by atoms with Crippen LogP contribution in [0.15, 0.2) is 42.5 Å². The number of hydrogen-bond acceptors (Lipinski definition) is 2. The zero-order valence-corrected chi connectivity index (χ0v) is 14.5. The fraction of sp³-hybridized carbons (Fsp3) is 0.286. The van der Waals surface area contributed by atoms with Gasteiger partial charge in [0.2, 0.25) is 0 Å². The van der Waals surface area contributed by atoms with E-state index in [2.05, 4.69) is 22.9 Å². The maximum absolute atomic E-state index is 12.9. The SMILES string of the molecule is CCn1c2c(c3cccc(C(=O)Nc4ccc(N)cc4)c31)CCCC2. The third-order valence-electron chi connectivity index (χ3n) is 5.12. The zero-order chi connectivity index (χ0) is 17.4. The molecule has 1 heterocycles. The number of nitrogens with one attached hydrogen (secondary N) is 1. The van der Waals surface area contributed by atoms with Gasteiger partial charge in [-0.15, -0.1) is 0 Å². The topological polar surface area (TPSA) is 60.0 Å². The number of nitrogens with zero attached hydrogens (tertiary/aromatic N) is 1. The van der Waals surface area contributed by atoms with E-state index in [1.54, 1.807) is 12.1 Å². The molecule has 25 heavy (non-hydrogen) atoms. The van der Waals surface area contributed by atoms with Gasteiger partial charge in [-0.2, -0.15) is 0 Å². The number of aromatic nitrogens is 1. The summed E-state index contributed by atoms with van der Waals surface area (Å²) in [4.78, 5) is 12.9. The van der Waals surface area contributed by atoms with Gasteiger partial charge in [0.05, 0.1) is 11.1 Å². The quantitative estimate of drug-likeness (QED) is 0.699. The number of carbonyl (C=O) groups excluding carboxylic acids is 1. The van der Waals surface area contributed by atoms with E-state index in [0.29, 0.717) is 5.69 Å². The van der Waals surface area contributed by atoms with Gasteiger partial charge in [0.15, 0.2) is 0 Å². The zero-order valence-electron chi connectivity index (χ0n) is 14.5. The van der Waals surface area contributed by atoms with Gasteiger partial charge >= 0.3 is 0 Å². The summed E-state index contributed by atoms with van der Waals surface area (Å²) in [5.41, 5.74) is 11.8. The van der Waals surface area contributed by atoms with Crippen LogP contribution in [0.1, 0.15) is 41.4 Å². The molecule has 0 unspecified atom stereocenters. The van der Waals surface area contributed by atoms with Gasteiger partial charge in [0.1, 0.15) is 0 Å². The molecule has 0 saturated carbocycles. The molecule has 3 N–H and O–H groups in total. The smallest absolute Gasteiger partial charge is 0.257 e. The monoisotopic (exact) mass is 333 g/mol. The van der Waals surface area contributed by atoms with Gasteiger partial charge in [-0.25, -0.2) is 0 Å². The first-order valence-electron chi connectivity index (χ1n) is 8.99. The highest BCUT2D eigenvalue weighted by Crippen LogP contribution is 2.34. The largest absolute Gasteiger partial charge is 0.399 e. The van der Waals surface area contributed by atoms with Crippen LogP contribution in [0, 0.1) is 0 Å². The van der Waals surface area contributed by atoms with Crippen LogP contribution in [0.2, 0.25) is 0 Å². The highest BCUT2D eigenvalue weighted by atomic mass is 16.1. The lowest BCUT2D eigenvalue weighted by Crippen LogP contribution is -2.14. The van der Waals surface area contributed by atoms with Crippen molar-refractivity contribution in [2.75, 3.05) is 11.1 Å². The summed E-state index contributed by atoms with van der Waals surface area (Å²) >= 11 is 0. The number of hydrogen-bond donors (Lipinski definition) is 2. The normalized spacial score (nSPS) is 13.6. The molecule has 0 radical (unpaired) electrons. The molecule has 1 amide bonds. The summed E-state index contributed by atoms with van der Waals surface area (Å²) in [5.74, 6) is -0.0695. The van der Waals surface area contributed by atoms with Gasteiger partial charge in [0, 0.05) is 29.0 Å². The Hall–Kier alpha value is -2.75. The van der Waals surface area contributed by atoms with Crippen molar-refractivity contribution in [1.82, 2.24) is 4.57 Å². The molecule has 0 saturated heterocycles. The van der Waals surface area contributed by atoms with E-state index in [1.165, 1.54) is 29.5 Å². The number of rotatable bonds is 3. The number of fused-ring (bicyclic) bond motifs is 3. The fourth-order valence-corrected chi connectivity index (χ4v) is 3.99. The lowest BCUT2D eigenvalue weighted by molar-refractivity contribution is 0.102. The van der Waals surface area contributed by atoms with Crippen molar-refractivity contribution in [1.29, 1.82) is 0 Å². The minimum absolute atomic E-state index is 0.0695. The summed E-state index contributed by atoms with van der Waals surface area (Å²) in [7, 11) is 0. The minimum atomic E-state index is -0.0695. The van der Waals surface area contributed by atoms with Crippen LogP contribution in [-0.2, 0) is 19.4 Å². The molecule has 0 bridgehead atoms. The first-order valence-corrected chi connectivity index (χ1v) is 8.99. The predicted octanol–water partition coefficient (Wildman–Crippen LogP) is 4.37. The van der Waals surface area contributed by atoms with Gasteiger partial charge in [-0.05, 0) is 68.5 Å². The lowest BCUT2D eigenvalue weighted by Gasteiger charge is -2.15. The van der Waals surface area contributed by atoms with E-state index in [0.717, 1.165) is 36.2 Å². The molecule has 4 nitrogen and oxygen atoms in total. The van der Waals surface area contributed by atoms with Crippen LogP contribution in [-0.4, -0.2) is 10.5 Å². The predicted molar refractivity (Wildman–Crippen MR) is 103 cm³/mol. The van der Waals surface area contributed by atoms with E-state index in [4.69, 9.17) is 5.73 Å². The van der Waals surface area contributed by atoms with Crippen LogP contribution in [0.5, 0.6) is 0 Å². The molecule has 1 aliphatic carbocycles. The molecule has 4 heteroatoms. The molecule has 0 fully saturated rings. The first-order chi connectivity index (χ1) is 12.2. The average Bonchev–Trinajstić information content (AvgIpc) is 2.97. The number of nitrogens with two attached hydrogens (primary N) is 1. The van der Waals surface area contributed by atoms with Crippen LogP contribution < -0.4 is 11.1 Å². The Morgan fingerprint density at radius 1 is 1.12 bits per heavy atom. The standard InChI is InChI=1S/C21H23N3O/c1-2-24-19-9-4-3-6-16(19)17-7-5-8-18(20(17)24)21(25)23-15-12-10-14(22)11-13-15/h5,7-8,10-13H,2-4,6,9,22H2,1H3,(H,23,25). The molecular formula is C21H23N3O. The third-order valence-corrected chi connectivity index (χ3v) is 5.12. The Morgan fingerprint density at radius 2 is 1.88 bits per heavy atom. The summed E-state index contributed by atoms with van der Waals surface area (Å²) in [6, 6.07) is 13.3. The van der Waals surface area contributed by atoms with E-state index in [-0.39, 0.29) is 5.91 Å². The Morgan fingerprint density at radius 3 is 2.64 bits per heavy atom. The maximum atomic E-state index is 12.9. The van der Waals surface area contributed by atoms with Crippen LogP contribution in [0.3, 0.4) is 0 Å².